The van der Waals surface area contributed by atoms with Crippen molar-refractivity contribution in [1.82, 2.24) is 14.9 Å². The van der Waals surface area contributed by atoms with Crippen molar-refractivity contribution in [1.29, 1.82) is 0 Å². The van der Waals surface area contributed by atoms with Crippen LogP contribution in [0.1, 0.15) is 35.6 Å². The summed E-state index contributed by atoms with van der Waals surface area (Å²) in [5.74, 6) is -1.48. The van der Waals surface area contributed by atoms with Crippen LogP contribution < -0.4 is 5.32 Å². The molecule has 18 heavy (non-hydrogen) atoms. The van der Waals surface area contributed by atoms with Gasteiger partial charge >= 0.3 is 5.97 Å². The van der Waals surface area contributed by atoms with E-state index in [2.05, 4.69) is 14.9 Å². The Labute approximate surface area is 110 Å². The molecule has 1 atom stereocenters. The lowest BCUT2D eigenvalue weighted by molar-refractivity contribution is -0.142. The Morgan fingerprint density at radius 3 is 2.56 bits per heavy atom. The van der Waals surface area contributed by atoms with E-state index in [1.165, 1.54) is 0 Å². The van der Waals surface area contributed by atoms with Crippen LogP contribution in [-0.2, 0) is 4.79 Å². The van der Waals surface area contributed by atoms with Crippen molar-refractivity contribution < 1.29 is 14.7 Å². The number of carboxylic acid groups (broad SMARTS) is 1. The van der Waals surface area contributed by atoms with Crippen molar-refractivity contribution in [3.8, 4) is 0 Å². The van der Waals surface area contributed by atoms with Crippen molar-refractivity contribution >= 4 is 23.4 Å². The second-order valence-electron chi connectivity index (χ2n) is 4.56. The lowest BCUT2D eigenvalue weighted by atomic mass is 9.97. The second-order valence-corrected chi connectivity index (χ2v) is 5.32. The molecule has 0 aromatic carbocycles. The van der Waals surface area contributed by atoms with Gasteiger partial charge in [0.1, 0.15) is 4.88 Å². The van der Waals surface area contributed by atoms with E-state index in [-0.39, 0.29) is 18.4 Å². The Balaban J connectivity index is 2.55. The van der Waals surface area contributed by atoms with E-state index in [1.807, 2.05) is 13.8 Å². The maximum Gasteiger partial charge on any atom is 0.308 e. The largest absolute Gasteiger partial charge is 0.481 e. The van der Waals surface area contributed by atoms with Gasteiger partial charge < -0.3 is 10.4 Å². The molecular formula is C11H17N3O3S. The molecule has 0 aliphatic heterocycles. The van der Waals surface area contributed by atoms with Crippen LogP contribution in [0.25, 0.3) is 0 Å². The third-order valence-corrected chi connectivity index (χ3v) is 3.30. The van der Waals surface area contributed by atoms with E-state index in [9.17, 15) is 9.59 Å². The summed E-state index contributed by atoms with van der Waals surface area (Å²) in [6.45, 7) is 5.73. The lowest BCUT2D eigenvalue weighted by Gasteiger charge is -2.14. The van der Waals surface area contributed by atoms with Crippen LogP contribution in [-0.4, -0.2) is 33.1 Å². The number of amides is 1. The minimum absolute atomic E-state index is 0.129. The summed E-state index contributed by atoms with van der Waals surface area (Å²) in [5.41, 5.74) is 0.563. The Hall–Kier alpha value is -1.50. The Morgan fingerprint density at radius 2 is 2.11 bits per heavy atom. The van der Waals surface area contributed by atoms with Crippen molar-refractivity contribution in [3.05, 3.63) is 10.6 Å². The molecule has 1 aromatic rings. The zero-order chi connectivity index (χ0) is 13.7. The van der Waals surface area contributed by atoms with E-state index in [0.717, 1.165) is 11.5 Å². The van der Waals surface area contributed by atoms with Gasteiger partial charge in [0.05, 0.1) is 11.6 Å². The monoisotopic (exact) mass is 271 g/mol. The molecule has 0 spiro atoms. The Morgan fingerprint density at radius 1 is 1.44 bits per heavy atom. The average molecular weight is 271 g/mol. The molecule has 100 valence electrons. The highest BCUT2D eigenvalue weighted by Crippen LogP contribution is 2.12. The number of aliphatic carboxylic acids is 1. The molecule has 0 aliphatic rings. The average Bonchev–Trinajstić information content (AvgIpc) is 2.69. The number of carbonyl (C=O) groups is 2. The Bertz CT molecular complexity index is 431. The summed E-state index contributed by atoms with van der Waals surface area (Å²) in [7, 11) is 0. The number of carboxylic acids is 1. The predicted octanol–water partition coefficient (Wildman–Crippen LogP) is 1.32. The first-order valence-corrected chi connectivity index (χ1v) is 6.49. The van der Waals surface area contributed by atoms with Crippen LogP contribution in [0.3, 0.4) is 0 Å². The van der Waals surface area contributed by atoms with Crippen LogP contribution in [0.5, 0.6) is 0 Å². The maximum atomic E-state index is 11.8. The zero-order valence-corrected chi connectivity index (χ0v) is 11.5. The van der Waals surface area contributed by atoms with E-state index >= 15 is 0 Å². The van der Waals surface area contributed by atoms with Crippen molar-refractivity contribution in [2.24, 2.45) is 11.8 Å². The van der Waals surface area contributed by atoms with Gasteiger partial charge in [0.25, 0.3) is 5.91 Å². The van der Waals surface area contributed by atoms with Crippen LogP contribution in [0, 0.1) is 18.8 Å². The number of rotatable bonds is 6. The number of nitrogens with one attached hydrogen (secondary N) is 1. The van der Waals surface area contributed by atoms with Gasteiger partial charge in [-0.3, -0.25) is 9.59 Å². The van der Waals surface area contributed by atoms with Crippen molar-refractivity contribution in [2.75, 3.05) is 6.54 Å². The molecule has 7 heteroatoms. The van der Waals surface area contributed by atoms with Gasteiger partial charge in [0.15, 0.2) is 0 Å². The molecule has 1 aromatic heterocycles. The van der Waals surface area contributed by atoms with E-state index < -0.39 is 11.9 Å². The highest BCUT2D eigenvalue weighted by atomic mass is 32.1. The standard InChI is InChI=1S/C11H17N3O3S/c1-6(2)4-8(11(16)17)5-12-10(15)9-7(3)13-14-18-9/h6,8H,4-5H2,1-3H3,(H,12,15)(H,16,17). The van der Waals surface area contributed by atoms with Gasteiger partial charge in [-0.05, 0) is 30.8 Å². The summed E-state index contributed by atoms with van der Waals surface area (Å²) in [6.07, 6.45) is 0.537. The summed E-state index contributed by atoms with van der Waals surface area (Å²) in [6, 6.07) is 0. The second kappa shape index (κ2) is 6.44. The van der Waals surface area contributed by atoms with Crippen LogP contribution in [0.4, 0.5) is 0 Å². The van der Waals surface area contributed by atoms with Gasteiger partial charge in [-0.1, -0.05) is 18.3 Å². The van der Waals surface area contributed by atoms with Crippen LogP contribution in [0.15, 0.2) is 0 Å². The number of aromatic nitrogens is 2. The Kier molecular flexibility index (Phi) is 5.21. The molecule has 1 amide bonds. The van der Waals surface area contributed by atoms with Gasteiger partial charge in [-0.2, -0.15) is 0 Å². The fourth-order valence-electron chi connectivity index (χ4n) is 1.58. The molecule has 2 N–H and O–H groups in total. The molecule has 0 radical (unpaired) electrons. The molecule has 0 saturated carbocycles. The van der Waals surface area contributed by atoms with Crippen LogP contribution in [0.2, 0.25) is 0 Å². The highest BCUT2D eigenvalue weighted by Gasteiger charge is 2.21. The van der Waals surface area contributed by atoms with Gasteiger partial charge in [-0.15, -0.1) is 5.10 Å². The normalized spacial score (nSPS) is 12.4. The van der Waals surface area contributed by atoms with Crippen molar-refractivity contribution in [2.45, 2.75) is 27.2 Å². The molecule has 0 saturated heterocycles. The molecular weight excluding hydrogens is 254 g/mol. The highest BCUT2D eigenvalue weighted by molar-refractivity contribution is 7.07. The molecule has 0 bridgehead atoms. The number of hydrogen-bond acceptors (Lipinski definition) is 5. The summed E-state index contributed by atoms with van der Waals surface area (Å²) in [4.78, 5) is 23.2. The maximum absolute atomic E-state index is 11.8. The first-order valence-electron chi connectivity index (χ1n) is 5.71. The smallest absolute Gasteiger partial charge is 0.308 e. The first-order chi connectivity index (χ1) is 8.41. The molecule has 6 nitrogen and oxygen atoms in total. The van der Waals surface area contributed by atoms with Crippen molar-refractivity contribution in [3.63, 3.8) is 0 Å². The van der Waals surface area contributed by atoms with Crippen LogP contribution >= 0.6 is 11.5 Å². The van der Waals surface area contributed by atoms with Gasteiger partial charge in [-0.25, -0.2) is 0 Å². The molecule has 1 unspecified atom stereocenters. The SMILES string of the molecule is Cc1nnsc1C(=O)NCC(CC(C)C)C(=O)O. The molecule has 0 aliphatic carbocycles. The minimum Gasteiger partial charge on any atom is -0.481 e. The molecule has 1 rings (SSSR count). The van der Waals surface area contributed by atoms with Gasteiger partial charge in [0.2, 0.25) is 0 Å². The lowest BCUT2D eigenvalue weighted by Crippen LogP contribution is -2.33. The predicted molar refractivity (Wildman–Crippen MR) is 67.6 cm³/mol. The summed E-state index contributed by atoms with van der Waals surface area (Å²) < 4.78 is 3.67. The number of aryl methyl sites for hydroxylation is 1. The van der Waals surface area contributed by atoms with E-state index in [4.69, 9.17) is 5.11 Å². The van der Waals surface area contributed by atoms with E-state index in [1.54, 1.807) is 6.92 Å². The minimum atomic E-state index is -0.886. The molecule has 1 heterocycles. The summed E-state index contributed by atoms with van der Waals surface area (Å²) >= 11 is 1.01. The van der Waals surface area contributed by atoms with E-state index in [0.29, 0.717) is 17.0 Å². The third kappa shape index (κ3) is 4.06. The topological polar surface area (TPSA) is 92.2 Å². The van der Waals surface area contributed by atoms with Gasteiger partial charge in [0, 0.05) is 6.54 Å². The quantitative estimate of drug-likeness (QED) is 0.814. The number of hydrogen-bond donors (Lipinski definition) is 2. The third-order valence-electron chi connectivity index (χ3n) is 2.47. The first kappa shape index (κ1) is 14.6. The molecule has 0 fully saturated rings. The fraction of sp³-hybridized carbons (Fsp3) is 0.636. The number of carbonyl (C=O) groups excluding carboxylic acids is 1. The summed E-state index contributed by atoms with van der Waals surface area (Å²) in [5, 5.41) is 15.4. The fourth-order valence-corrected chi connectivity index (χ4v) is 2.15. The zero-order valence-electron chi connectivity index (χ0n) is 10.6. The number of nitrogens with zero attached hydrogens (tertiary/aromatic N) is 2.